The molecule has 5 nitrogen and oxygen atoms in total. The number of nitrogens with one attached hydrogen (secondary N) is 1. The van der Waals surface area contributed by atoms with E-state index in [1.165, 1.54) is 23.6 Å². The first kappa shape index (κ1) is 14.9. The maximum atomic E-state index is 11.9. The largest absolute Gasteiger partial charge is 0.329 e. The normalized spacial score (nSPS) is 20.7. The van der Waals surface area contributed by atoms with Gasteiger partial charge in [0.15, 0.2) is 0 Å². The van der Waals surface area contributed by atoms with Crippen molar-refractivity contribution in [1.82, 2.24) is 9.03 Å². The average molecular weight is 263 g/mol. The monoisotopic (exact) mass is 263 g/mol. The van der Waals surface area contributed by atoms with Gasteiger partial charge in [0.25, 0.3) is 10.2 Å². The van der Waals surface area contributed by atoms with E-state index in [1.807, 2.05) is 6.92 Å². The Morgan fingerprint density at radius 3 is 2.41 bits per heavy atom. The molecule has 1 aliphatic carbocycles. The van der Waals surface area contributed by atoms with E-state index in [4.69, 9.17) is 5.73 Å². The molecular weight excluding hydrogens is 238 g/mol. The molecule has 1 aliphatic rings. The molecule has 1 saturated carbocycles. The summed E-state index contributed by atoms with van der Waals surface area (Å²) in [7, 11) is -1.79. The molecule has 102 valence electrons. The van der Waals surface area contributed by atoms with Crippen LogP contribution in [0.15, 0.2) is 0 Å². The second-order valence-corrected chi connectivity index (χ2v) is 6.59. The highest BCUT2D eigenvalue weighted by molar-refractivity contribution is 7.87. The third-order valence-electron chi connectivity index (χ3n) is 3.63. The Labute approximate surface area is 105 Å². The van der Waals surface area contributed by atoms with Crippen molar-refractivity contribution in [3.8, 4) is 0 Å². The highest BCUT2D eigenvalue weighted by Crippen LogP contribution is 2.26. The minimum atomic E-state index is -3.37. The number of rotatable bonds is 6. The van der Waals surface area contributed by atoms with Gasteiger partial charge in [-0.2, -0.15) is 17.4 Å². The van der Waals surface area contributed by atoms with E-state index in [0.717, 1.165) is 12.8 Å². The average Bonchev–Trinajstić information content (AvgIpc) is 2.36. The summed E-state index contributed by atoms with van der Waals surface area (Å²) in [6.07, 6.45) is 5.80. The maximum absolute atomic E-state index is 11.9. The van der Waals surface area contributed by atoms with Crippen LogP contribution in [0.4, 0.5) is 0 Å². The van der Waals surface area contributed by atoms with E-state index in [-0.39, 0.29) is 6.04 Å². The minimum Gasteiger partial charge on any atom is -0.329 e. The van der Waals surface area contributed by atoms with Gasteiger partial charge in [-0.25, -0.2) is 0 Å². The fourth-order valence-electron chi connectivity index (χ4n) is 2.32. The van der Waals surface area contributed by atoms with Gasteiger partial charge in [-0.3, -0.25) is 0 Å². The zero-order valence-electron chi connectivity index (χ0n) is 10.9. The summed E-state index contributed by atoms with van der Waals surface area (Å²) in [5, 5.41) is 0. The second-order valence-electron chi connectivity index (χ2n) is 4.78. The van der Waals surface area contributed by atoms with Crippen molar-refractivity contribution in [2.45, 2.75) is 45.1 Å². The van der Waals surface area contributed by atoms with Crippen LogP contribution >= 0.6 is 0 Å². The Morgan fingerprint density at radius 1 is 1.35 bits per heavy atom. The Kier molecular flexibility index (Phi) is 5.85. The van der Waals surface area contributed by atoms with Gasteiger partial charge in [-0.1, -0.05) is 26.2 Å². The van der Waals surface area contributed by atoms with Crippen LogP contribution in [0.3, 0.4) is 0 Å². The van der Waals surface area contributed by atoms with E-state index in [9.17, 15) is 8.42 Å². The predicted octanol–water partition coefficient (Wildman–Crippen LogP) is 0.680. The molecule has 0 aromatic heterocycles. The zero-order valence-corrected chi connectivity index (χ0v) is 11.7. The standard InChI is InChI=1S/C11H25N3O2S/c1-3-14(2)17(15,16)13-11(9-12)10-7-5-4-6-8-10/h10-11,13H,3-9,12H2,1-2H3/t11-/m0/s1. The third-order valence-corrected chi connectivity index (χ3v) is 5.31. The van der Waals surface area contributed by atoms with E-state index in [1.54, 1.807) is 7.05 Å². The zero-order chi connectivity index (χ0) is 12.9. The molecule has 3 N–H and O–H groups in total. The fraction of sp³-hybridized carbons (Fsp3) is 1.00. The van der Waals surface area contributed by atoms with Gasteiger partial charge < -0.3 is 5.73 Å². The summed E-state index contributed by atoms with van der Waals surface area (Å²) in [5.41, 5.74) is 5.71. The summed E-state index contributed by atoms with van der Waals surface area (Å²) >= 11 is 0. The molecule has 0 unspecified atom stereocenters. The van der Waals surface area contributed by atoms with Crippen LogP contribution in [0.1, 0.15) is 39.0 Å². The molecule has 0 spiro atoms. The van der Waals surface area contributed by atoms with Gasteiger partial charge in [-0.15, -0.1) is 0 Å². The summed E-state index contributed by atoms with van der Waals surface area (Å²) < 4.78 is 27.9. The first-order chi connectivity index (χ1) is 8.01. The molecule has 1 rings (SSSR count). The molecule has 17 heavy (non-hydrogen) atoms. The molecule has 0 heterocycles. The molecule has 0 bridgehead atoms. The number of hydrogen-bond donors (Lipinski definition) is 2. The summed E-state index contributed by atoms with van der Waals surface area (Å²) in [6.45, 7) is 2.66. The smallest absolute Gasteiger partial charge is 0.279 e. The van der Waals surface area contributed by atoms with E-state index in [2.05, 4.69) is 4.72 Å². The van der Waals surface area contributed by atoms with Crippen LogP contribution in [0.2, 0.25) is 0 Å². The highest BCUT2D eigenvalue weighted by atomic mass is 32.2. The lowest BCUT2D eigenvalue weighted by atomic mass is 9.84. The van der Waals surface area contributed by atoms with Crippen LogP contribution in [0.5, 0.6) is 0 Å². The van der Waals surface area contributed by atoms with E-state index >= 15 is 0 Å². The van der Waals surface area contributed by atoms with Crippen LogP contribution in [-0.2, 0) is 10.2 Å². The molecule has 1 fully saturated rings. The third kappa shape index (κ3) is 4.21. The number of hydrogen-bond acceptors (Lipinski definition) is 3. The summed E-state index contributed by atoms with van der Waals surface area (Å²) in [6, 6.07) is -0.116. The molecule has 0 aromatic carbocycles. The van der Waals surface area contributed by atoms with Crippen molar-refractivity contribution in [2.24, 2.45) is 11.7 Å². The molecular formula is C11H25N3O2S. The summed E-state index contributed by atoms with van der Waals surface area (Å²) in [5.74, 6) is 0.397. The molecule has 0 aromatic rings. The Morgan fingerprint density at radius 2 is 1.94 bits per heavy atom. The Hall–Kier alpha value is -0.170. The topological polar surface area (TPSA) is 75.4 Å². The molecule has 0 amide bonds. The van der Waals surface area contributed by atoms with Crippen LogP contribution < -0.4 is 10.5 Å². The number of nitrogens with two attached hydrogens (primary N) is 1. The van der Waals surface area contributed by atoms with Crippen molar-refractivity contribution >= 4 is 10.2 Å². The van der Waals surface area contributed by atoms with Gasteiger partial charge >= 0.3 is 0 Å². The van der Waals surface area contributed by atoms with Crippen LogP contribution in [0, 0.1) is 5.92 Å². The number of nitrogens with zero attached hydrogens (tertiary/aromatic N) is 1. The van der Waals surface area contributed by atoms with Crippen molar-refractivity contribution in [2.75, 3.05) is 20.1 Å². The van der Waals surface area contributed by atoms with Crippen molar-refractivity contribution in [3.05, 3.63) is 0 Å². The van der Waals surface area contributed by atoms with Crippen molar-refractivity contribution < 1.29 is 8.42 Å². The molecule has 6 heteroatoms. The second kappa shape index (κ2) is 6.68. The molecule has 0 aliphatic heterocycles. The van der Waals surface area contributed by atoms with Gasteiger partial charge in [0.05, 0.1) is 0 Å². The fourth-order valence-corrected chi connectivity index (χ4v) is 3.52. The van der Waals surface area contributed by atoms with Crippen LogP contribution in [-0.4, -0.2) is 38.9 Å². The quantitative estimate of drug-likeness (QED) is 0.740. The minimum absolute atomic E-state index is 0.116. The van der Waals surface area contributed by atoms with Gasteiger partial charge in [-0.05, 0) is 18.8 Å². The first-order valence-electron chi connectivity index (χ1n) is 6.45. The van der Waals surface area contributed by atoms with E-state index < -0.39 is 10.2 Å². The molecule has 1 atom stereocenters. The van der Waals surface area contributed by atoms with Crippen molar-refractivity contribution in [3.63, 3.8) is 0 Å². The lowest BCUT2D eigenvalue weighted by Crippen LogP contribution is -2.50. The maximum Gasteiger partial charge on any atom is 0.279 e. The lowest BCUT2D eigenvalue weighted by molar-refractivity contribution is 0.290. The summed E-state index contributed by atoms with van der Waals surface area (Å²) in [4.78, 5) is 0. The Balaban J connectivity index is 2.62. The Bertz CT molecular complexity index is 313. The van der Waals surface area contributed by atoms with Gasteiger partial charge in [0.2, 0.25) is 0 Å². The lowest BCUT2D eigenvalue weighted by Gasteiger charge is -2.31. The highest BCUT2D eigenvalue weighted by Gasteiger charge is 2.27. The van der Waals surface area contributed by atoms with Gasteiger partial charge in [0.1, 0.15) is 0 Å². The van der Waals surface area contributed by atoms with Crippen molar-refractivity contribution in [1.29, 1.82) is 0 Å². The predicted molar refractivity (Wildman–Crippen MR) is 69.8 cm³/mol. The first-order valence-corrected chi connectivity index (χ1v) is 7.89. The molecule has 0 radical (unpaired) electrons. The molecule has 0 saturated heterocycles. The van der Waals surface area contributed by atoms with Gasteiger partial charge in [0, 0.05) is 26.2 Å². The van der Waals surface area contributed by atoms with Crippen LogP contribution in [0.25, 0.3) is 0 Å². The van der Waals surface area contributed by atoms with E-state index in [0.29, 0.717) is 19.0 Å². The SMILES string of the molecule is CCN(C)S(=O)(=O)N[C@@H](CN)C1CCCCC1.